The third-order valence-corrected chi connectivity index (χ3v) is 4.13. The fraction of sp³-hybridized carbons (Fsp3) is 0.222. The molecule has 0 radical (unpaired) electrons. The molecule has 0 saturated carbocycles. The van der Waals surface area contributed by atoms with Crippen LogP contribution in [0.15, 0.2) is 36.5 Å². The van der Waals surface area contributed by atoms with Crippen LogP contribution < -0.4 is 4.52 Å². The van der Waals surface area contributed by atoms with Crippen LogP contribution >= 0.6 is 0 Å². The molecule has 0 unspecified atom stereocenters. The number of hydrogen-bond donors (Lipinski definition) is 2. The Hall–Kier alpha value is -3.16. The van der Waals surface area contributed by atoms with Crippen LogP contribution in [0.2, 0.25) is 0 Å². The lowest BCUT2D eigenvalue weighted by atomic mass is 9.96. The van der Waals surface area contributed by atoms with E-state index in [-0.39, 0.29) is 11.0 Å². The average Bonchev–Trinajstić information content (AvgIpc) is 3.20. The van der Waals surface area contributed by atoms with E-state index in [9.17, 15) is 8.78 Å². The Kier molecular flexibility index (Phi) is 3.57. The van der Waals surface area contributed by atoms with E-state index in [1.807, 2.05) is 6.07 Å². The number of rotatable bonds is 2. The molecule has 3 aromatic heterocycles. The summed E-state index contributed by atoms with van der Waals surface area (Å²) in [7, 11) is 0. The zero-order valence-electron chi connectivity index (χ0n) is 14.5. The predicted octanol–water partition coefficient (Wildman–Crippen LogP) is 3.18. The van der Waals surface area contributed by atoms with Gasteiger partial charge in [0.15, 0.2) is 0 Å². The first kappa shape index (κ1) is 16.3. The summed E-state index contributed by atoms with van der Waals surface area (Å²) in [6.45, 7) is 6.16. The Morgan fingerprint density at radius 3 is 2.54 bits per heavy atom. The van der Waals surface area contributed by atoms with E-state index in [1.165, 1.54) is 12.1 Å². The lowest BCUT2D eigenvalue weighted by Gasteiger charge is -2.10. The summed E-state index contributed by atoms with van der Waals surface area (Å²) in [4.78, 5) is 0. The Morgan fingerprint density at radius 1 is 1.00 bits per heavy atom. The number of benzene rings is 1. The van der Waals surface area contributed by atoms with Gasteiger partial charge in [-0.3, -0.25) is 5.10 Å². The molecule has 8 heteroatoms. The molecule has 0 fully saturated rings. The quantitative estimate of drug-likeness (QED) is 0.543. The Morgan fingerprint density at radius 2 is 1.81 bits per heavy atom. The van der Waals surface area contributed by atoms with Gasteiger partial charge in [0, 0.05) is 28.4 Å². The maximum atomic E-state index is 14.2. The van der Waals surface area contributed by atoms with Gasteiger partial charge < -0.3 is 0 Å². The second-order valence-corrected chi connectivity index (χ2v) is 7.09. The number of nitrogens with one attached hydrogen (secondary N) is 2. The Labute approximate surface area is 147 Å². The molecule has 0 aliphatic heterocycles. The van der Waals surface area contributed by atoms with Gasteiger partial charge in [0.05, 0.1) is 17.3 Å². The molecule has 3 heterocycles. The fourth-order valence-corrected chi connectivity index (χ4v) is 2.83. The zero-order valence-corrected chi connectivity index (χ0v) is 14.5. The van der Waals surface area contributed by atoms with Crippen LogP contribution in [0, 0.1) is 11.6 Å². The van der Waals surface area contributed by atoms with Crippen molar-refractivity contribution in [2.45, 2.75) is 26.2 Å². The second-order valence-electron chi connectivity index (χ2n) is 7.09. The van der Waals surface area contributed by atoms with Gasteiger partial charge in [-0.25, -0.2) is 8.78 Å². The summed E-state index contributed by atoms with van der Waals surface area (Å²) in [5.41, 5.74) is 2.38. The van der Waals surface area contributed by atoms with E-state index in [1.54, 1.807) is 16.8 Å². The molecule has 0 aliphatic rings. The third kappa shape index (κ3) is 2.63. The standard InChI is InChI=1S/C18H16F2N6/c1-18(2,3)17-24-22-15-7-6-14(25-26(15)17)12-9-21-23-16(12)11-5-4-10(19)8-13(11)20/h4-9H,1-3H3,(H,21,23,25)/p+1. The van der Waals surface area contributed by atoms with Crippen LogP contribution in [-0.2, 0) is 5.41 Å². The number of hydrogen-bond acceptors (Lipinski definition) is 3. The van der Waals surface area contributed by atoms with Crippen LogP contribution in [0.1, 0.15) is 26.6 Å². The maximum absolute atomic E-state index is 14.2. The number of aromatic nitrogens is 6. The highest BCUT2D eigenvalue weighted by Gasteiger charge is 2.28. The highest BCUT2D eigenvalue weighted by atomic mass is 19.1. The molecule has 4 rings (SSSR count). The monoisotopic (exact) mass is 355 g/mol. The van der Waals surface area contributed by atoms with Crippen molar-refractivity contribution in [2.75, 3.05) is 0 Å². The summed E-state index contributed by atoms with van der Waals surface area (Å²) >= 11 is 0. The van der Waals surface area contributed by atoms with Gasteiger partial charge in [0.2, 0.25) is 0 Å². The normalized spacial score (nSPS) is 12.0. The lowest BCUT2D eigenvalue weighted by Crippen LogP contribution is -2.36. The maximum Gasteiger partial charge on any atom is 0.325 e. The summed E-state index contributed by atoms with van der Waals surface area (Å²) in [6.07, 6.45) is 1.57. The molecule has 0 amide bonds. The van der Waals surface area contributed by atoms with Gasteiger partial charge in [-0.2, -0.15) is 5.10 Å². The van der Waals surface area contributed by atoms with E-state index in [4.69, 9.17) is 0 Å². The molecule has 26 heavy (non-hydrogen) atoms. The predicted molar refractivity (Wildman–Crippen MR) is 91.2 cm³/mol. The van der Waals surface area contributed by atoms with Gasteiger partial charge >= 0.3 is 5.65 Å². The zero-order chi connectivity index (χ0) is 18.5. The average molecular weight is 355 g/mol. The van der Waals surface area contributed by atoms with Crippen molar-refractivity contribution in [3.05, 3.63) is 54.0 Å². The second kappa shape index (κ2) is 5.69. The van der Waals surface area contributed by atoms with Crippen molar-refractivity contribution >= 4 is 5.65 Å². The van der Waals surface area contributed by atoms with Crippen LogP contribution in [0.3, 0.4) is 0 Å². The molecule has 0 spiro atoms. The fourth-order valence-electron chi connectivity index (χ4n) is 2.83. The molecule has 1 aromatic carbocycles. The topological polar surface area (TPSA) is 74.3 Å². The SMILES string of the molecule is CC(C)(C)c1[nH]nc2ccc(-c3cn[nH]c3-c3ccc(F)cc3F)n[n+]12. The smallest absolute Gasteiger partial charge is 0.277 e. The van der Waals surface area contributed by atoms with Crippen molar-refractivity contribution < 1.29 is 13.3 Å². The highest BCUT2D eigenvalue weighted by Crippen LogP contribution is 2.30. The first-order chi connectivity index (χ1) is 12.3. The molecule has 0 atom stereocenters. The summed E-state index contributed by atoms with van der Waals surface area (Å²) < 4.78 is 29.1. The van der Waals surface area contributed by atoms with Crippen molar-refractivity contribution in [1.82, 2.24) is 25.5 Å². The van der Waals surface area contributed by atoms with Gasteiger partial charge in [-0.15, -0.1) is 14.7 Å². The van der Waals surface area contributed by atoms with E-state index in [0.717, 1.165) is 11.9 Å². The van der Waals surface area contributed by atoms with Crippen molar-refractivity contribution in [1.29, 1.82) is 0 Å². The number of fused-ring (bicyclic) bond motifs is 1. The van der Waals surface area contributed by atoms with E-state index in [2.05, 4.69) is 46.3 Å². The first-order valence-electron chi connectivity index (χ1n) is 8.12. The van der Waals surface area contributed by atoms with Crippen molar-refractivity contribution in [3.8, 4) is 22.5 Å². The molecule has 6 nitrogen and oxygen atoms in total. The molecule has 0 saturated heterocycles. The van der Waals surface area contributed by atoms with Crippen LogP contribution in [0.4, 0.5) is 8.78 Å². The number of H-pyrrole nitrogens is 2. The minimum absolute atomic E-state index is 0.187. The van der Waals surface area contributed by atoms with Gasteiger partial charge in [-0.05, 0) is 18.2 Å². The van der Waals surface area contributed by atoms with Crippen LogP contribution in [0.5, 0.6) is 0 Å². The molecule has 4 aromatic rings. The van der Waals surface area contributed by atoms with Crippen molar-refractivity contribution in [2.24, 2.45) is 0 Å². The molecule has 132 valence electrons. The highest BCUT2D eigenvalue weighted by molar-refractivity contribution is 5.78. The third-order valence-electron chi connectivity index (χ3n) is 4.13. The van der Waals surface area contributed by atoms with Gasteiger partial charge in [0.1, 0.15) is 17.3 Å². The Bertz CT molecular complexity index is 1110. The van der Waals surface area contributed by atoms with Gasteiger partial charge in [0.25, 0.3) is 5.82 Å². The first-order valence-corrected chi connectivity index (χ1v) is 8.12. The molecule has 2 N–H and O–H groups in total. The molecule has 0 bridgehead atoms. The van der Waals surface area contributed by atoms with Crippen molar-refractivity contribution in [3.63, 3.8) is 0 Å². The van der Waals surface area contributed by atoms with Crippen LogP contribution in [0.25, 0.3) is 28.2 Å². The number of halogens is 2. The molecular formula is C18H17F2N6+. The largest absolute Gasteiger partial charge is 0.325 e. The Balaban J connectivity index is 1.88. The van der Waals surface area contributed by atoms with Crippen LogP contribution in [-0.4, -0.2) is 25.5 Å². The summed E-state index contributed by atoms with van der Waals surface area (Å²) in [5.74, 6) is -0.453. The number of nitrogens with zero attached hydrogens (tertiary/aromatic N) is 4. The van der Waals surface area contributed by atoms with E-state index < -0.39 is 11.6 Å². The van der Waals surface area contributed by atoms with E-state index in [0.29, 0.717) is 22.6 Å². The summed E-state index contributed by atoms with van der Waals surface area (Å²) in [6, 6.07) is 7.05. The molecule has 0 aliphatic carbocycles. The molecular weight excluding hydrogens is 338 g/mol. The number of aromatic amines is 2. The minimum Gasteiger partial charge on any atom is -0.277 e. The van der Waals surface area contributed by atoms with Gasteiger partial charge in [-0.1, -0.05) is 20.8 Å². The van der Waals surface area contributed by atoms with E-state index >= 15 is 0 Å². The minimum atomic E-state index is -0.664. The lowest BCUT2D eigenvalue weighted by molar-refractivity contribution is -0.592. The summed E-state index contributed by atoms with van der Waals surface area (Å²) in [5, 5.41) is 18.7.